The number of nitrogens with one attached hydrogen (secondary N) is 3. The van der Waals surface area contributed by atoms with Gasteiger partial charge in [0.15, 0.2) is 5.16 Å². The van der Waals surface area contributed by atoms with Gasteiger partial charge in [0.2, 0.25) is 11.8 Å². The molecule has 2 aliphatic rings. The van der Waals surface area contributed by atoms with Crippen LogP contribution in [0.5, 0.6) is 5.75 Å². The van der Waals surface area contributed by atoms with Crippen LogP contribution in [0.15, 0.2) is 29.4 Å². The molecule has 1 aliphatic carbocycles. The number of thioether (sulfide) groups is 1. The molecule has 1 aromatic carbocycles. The van der Waals surface area contributed by atoms with Crippen molar-refractivity contribution in [3.05, 3.63) is 30.1 Å². The standard InChI is InChI=1S/C23H30N6O4S/c1-2-33-18-10-8-17(9-11-18)29-19(12-16-13-20(30)26-22(32)25-16)27-28-23(29)34-14-21(31)24-15-6-4-3-5-7-15/h8-11,15-16H,2-7,12-14H2,1H3,(H,24,31)(H2,25,26,30,32). The third-order valence-corrected chi connectivity index (χ3v) is 6.79. The van der Waals surface area contributed by atoms with E-state index >= 15 is 0 Å². The molecule has 1 aromatic heterocycles. The predicted octanol–water partition coefficient (Wildman–Crippen LogP) is 2.35. The molecule has 0 radical (unpaired) electrons. The molecule has 2 heterocycles. The van der Waals surface area contributed by atoms with Gasteiger partial charge in [0.05, 0.1) is 12.4 Å². The highest BCUT2D eigenvalue weighted by Gasteiger charge is 2.27. The van der Waals surface area contributed by atoms with Gasteiger partial charge in [0.25, 0.3) is 0 Å². The van der Waals surface area contributed by atoms with Crippen LogP contribution in [0.4, 0.5) is 4.79 Å². The molecule has 4 amide bonds. The molecule has 1 atom stereocenters. The van der Waals surface area contributed by atoms with E-state index in [9.17, 15) is 14.4 Å². The van der Waals surface area contributed by atoms with Crippen LogP contribution in [0, 0.1) is 0 Å². The minimum atomic E-state index is -0.512. The van der Waals surface area contributed by atoms with Crippen LogP contribution in [0.2, 0.25) is 0 Å². The lowest BCUT2D eigenvalue weighted by Crippen LogP contribution is -2.53. The van der Waals surface area contributed by atoms with Gasteiger partial charge >= 0.3 is 6.03 Å². The van der Waals surface area contributed by atoms with Gasteiger partial charge in [-0.25, -0.2) is 4.79 Å². The number of hydrogen-bond acceptors (Lipinski definition) is 7. The number of amides is 4. The Bertz CT molecular complexity index is 1000. The number of ether oxygens (including phenoxy) is 1. The van der Waals surface area contributed by atoms with Gasteiger partial charge in [-0.15, -0.1) is 10.2 Å². The fraction of sp³-hybridized carbons (Fsp3) is 0.522. The molecular weight excluding hydrogens is 456 g/mol. The Balaban J connectivity index is 1.51. The summed E-state index contributed by atoms with van der Waals surface area (Å²) in [6.07, 6.45) is 6.10. The van der Waals surface area contributed by atoms with E-state index in [-0.39, 0.29) is 36.1 Å². The Morgan fingerprint density at radius 2 is 1.94 bits per heavy atom. The van der Waals surface area contributed by atoms with E-state index in [4.69, 9.17) is 4.74 Å². The maximum absolute atomic E-state index is 12.5. The van der Waals surface area contributed by atoms with E-state index in [1.807, 2.05) is 35.8 Å². The summed E-state index contributed by atoms with van der Waals surface area (Å²) in [6.45, 7) is 2.49. The van der Waals surface area contributed by atoms with E-state index in [0.717, 1.165) is 37.1 Å². The second-order valence-electron chi connectivity index (χ2n) is 8.48. The van der Waals surface area contributed by atoms with E-state index in [1.54, 1.807) is 0 Å². The summed E-state index contributed by atoms with van der Waals surface area (Å²) in [5.74, 6) is 1.23. The molecule has 0 spiro atoms. The maximum atomic E-state index is 12.5. The molecule has 10 nitrogen and oxygen atoms in total. The van der Waals surface area contributed by atoms with Crippen LogP contribution < -0.4 is 20.7 Å². The van der Waals surface area contributed by atoms with Crippen LogP contribution in [0.3, 0.4) is 0 Å². The van der Waals surface area contributed by atoms with Crippen molar-refractivity contribution in [3.63, 3.8) is 0 Å². The summed E-state index contributed by atoms with van der Waals surface area (Å²) in [4.78, 5) is 36.1. The first-order chi connectivity index (χ1) is 16.5. The van der Waals surface area contributed by atoms with E-state index in [1.165, 1.54) is 18.2 Å². The minimum Gasteiger partial charge on any atom is -0.494 e. The number of hydrogen-bond donors (Lipinski definition) is 3. The first-order valence-electron chi connectivity index (χ1n) is 11.7. The quantitative estimate of drug-likeness (QED) is 0.464. The number of aromatic nitrogens is 3. The molecule has 0 bridgehead atoms. The summed E-state index contributed by atoms with van der Waals surface area (Å²) in [5.41, 5.74) is 0.810. The topological polar surface area (TPSA) is 127 Å². The van der Waals surface area contributed by atoms with Crippen molar-refractivity contribution in [1.82, 2.24) is 30.7 Å². The number of urea groups is 1. The average molecular weight is 487 g/mol. The predicted molar refractivity (Wildman–Crippen MR) is 127 cm³/mol. The Labute approximate surface area is 202 Å². The molecule has 4 rings (SSSR count). The van der Waals surface area contributed by atoms with Crippen molar-refractivity contribution in [2.75, 3.05) is 12.4 Å². The molecule has 34 heavy (non-hydrogen) atoms. The van der Waals surface area contributed by atoms with E-state index < -0.39 is 6.03 Å². The number of carbonyl (C=O) groups is 3. The zero-order chi connectivity index (χ0) is 23.9. The van der Waals surface area contributed by atoms with Crippen molar-refractivity contribution in [2.24, 2.45) is 0 Å². The summed E-state index contributed by atoms with van der Waals surface area (Å²) in [6, 6.07) is 6.88. The first-order valence-corrected chi connectivity index (χ1v) is 12.7. The lowest BCUT2D eigenvalue weighted by molar-refractivity contribution is -0.121. The number of imide groups is 1. The van der Waals surface area contributed by atoms with Crippen LogP contribution in [0.25, 0.3) is 5.69 Å². The summed E-state index contributed by atoms with van der Waals surface area (Å²) >= 11 is 1.32. The van der Waals surface area contributed by atoms with Crippen molar-refractivity contribution in [1.29, 1.82) is 0 Å². The summed E-state index contributed by atoms with van der Waals surface area (Å²) < 4.78 is 7.41. The van der Waals surface area contributed by atoms with E-state index in [2.05, 4.69) is 26.1 Å². The van der Waals surface area contributed by atoms with Gasteiger partial charge in [-0.05, 0) is 44.0 Å². The highest BCUT2D eigenvalue weighted by atomic mass is 32.2. The number of benzene rings is 1. The summed E-state index contributed by atoms with van der Waals surface area (Å²) in [5, 5.41) is 17.4. The lowest BCUT2D eigenvalue weighted by atomic mass is 9.95. The van der Waals surface area contributed by atoms with Crippen LogP contribution in [-0.2, 0) is 16.0 Å². The zero-order valence-corrected chi connectivity index (χ0v) is 20.0. The van der Waals surface area contributed by atoms with Crippen molar-refractivity contribution in [3.8, 4) is 11.4 Å². The van der Waals surface area contributed by atoms with Crippen molar-refractivity contribution in [2.45, 2.75) is 69.1 Å². The lowest BCUT2D eigenvalue weighted by Gasteiger charge is -2.23. The summed E-state index contributed by atoms with van der Waals surface area (Å²) in [7, 11) is 0. The molecule has 2 aromatic rings. The minimum absolute atomic E-state index is 0.0177. The molecule has 1 saturated heterocycles. The zero-order valence-electron chi connectivity index (χ0n) is 19.2. The van der Waals surface area contributed by atoms with Gasteiger partial charge in [-0.1, -0.05) is 31.0 Å². The molecule has 1 unspecified atom stereocenters. The normalized spacial score (nSPS) is 18.8. The largest absolute Gasteiger partial charge is 0.494 e. The monoisotopic (exact) mass is 486 g/mol. The first kappa shape index (κ1) is 24.1. The van der Waals surface area contributed by atoms with Crippen LogP contribution in [0.1, 0.15) is 51.3 Å². The fourth-order valence-electron chi connectivity index (χ4n) is 4.31. The van der Waals surface area contributed by atoms with Crippen molar-refractivity contribution >= 4 is 29.6 Å². The molecular formula is C23H30N6O4S. The van der Waals surface area contributed by atoms with Gasteiger partial charge in [-0.2, -0.15) is 0 Å². The third kappa shape index (κ3) is 6.28. The number of carbonyl (C=O) groups excluding carboxylic acids is 3. The molecule has 2 fully saturated rings. The third-order valence-electron chi connectivity index (χ3n) is 5.86. The van der Waals surface area contributed by atoms with Crippen molar-refractivity contribution < 1.29 is 19.1 Å². The van der Waals surface area contributed by atoms with Crippen LogP contribution >= 0.6 is 11.8 Å². The van der Waals surface area contributed by atoms with Crippen LogP contribution in [-0.4, -0.2) is 57.1 Å². The molecule has 182 valence electrons. The molecule has 3 N–H and O–H groups in total. The number of nitrogens with zero attached hydrogens (tertiary/aromatic N) is 3. The maximum Gasteiger partial charge on any atom is 0.321 e. The molecule has 1 saturated carbocycles. The highest BCUT2D eigenvalue weighted by molar-refractivity contribution is 7.99. The van der Waals surface area contributed by atoms with E-state index in [0.29, 0.717) is 24.0 Å². The molecule has 1 aliphatic heterocycles. The Kier molecular flexibility index (Phi) is 8.04. The average Bonchev–Trinajstić information content (AvgIpc) is 3.20. The molecule has 11 heteroatoms. The second-order valence-corrected chi connectivity index (χ2v) is 9.42. The van der Waals surface area contributed by atoms with Gasteiger partial charge < -0.3 is 15.4 Å². The second kappa shape index (κ2) is 11.4. The fourth-order valence-corrected chi connectivity index (χ4v) is 5.09. The smallest absolute Gasteiger partial charge is 0.321 e. The Hall–Kier alpha value is -3.08. The van der Waals surface area contributed by atoms with Gasteiger partial charge in [-0.3, -0.25) is 19.5 Å². The highest BCUT2D eigenvalue weighted by Crippen LogP contribution is 2.25. The van der Waals surface area contributed by atoms with Gasteiger partial charge in [0.1, 0.15) is 11.6 Å². The Morgan fingerprint density at radius 1 is 1.18 bits per heavy atom. The Morgan fingerprint density at radius 3 is 2.65 bits per heavy atom. The van der Waals surface area contributed by atoms with Gasteiger partial charge in [0, 0.05) is 30.6 Å². The number of rotatable bonds is 9. The SMILES string of the molecule is CCOc1ccc(-n2c(CC3CC(=O)NC(=O)N3)nnc2SCC(=O)NC2CCCCC2)cc1.